The van der Waals surface area contributed by atoms with E-state index in [-0.39, 0.29) is 0 Å². The summed E-state index contributed by atoms with van der Waals surface area (Å²) in [6, 6.07) is 14.8. The second-order valence-electron chi connectivity index (χ2n) is 6.14. The molecule has 0 atom stereocenters. The van der Waals surface area contributed by atoms with E-state index in [2.05, 4.69) is 45.2 Å². The Morgan fingerprint density at radius 3 is 2.70 bits per heavy atom. The van der Waals surface area contributed by atoms with Crippen LogP contribution in [0.25, 0.3) is 22.0 Å². The number of hydrogen-bond donors (Lipinski definition) is 1. The molecule has 116 valence electrons. The van der Waals surface area contributed by atoms with E-state index in [0.29, 0.717) is 5.82 Å². The van der Waals surface area contributed by atoms with E-state index >= 15 is 0 Å². The van der Waals surface area contributed by atoms with Gasteiger partial charge in [0.05, 0.1) is 5.52 Å². The average Bonchev–Trinajstić information content (AvgIpc) is 3.08. The van der Waals surface area contributed by atoms with Gasteiger partial charge in [-0.15, -0.1) is 0 Å². The Bertz CT molecular complexity index is 838. The van der Waals surface area contributed by atoms with Gasteiger partial charge in [0.1, 0.15) is 12.1 Å². The molecule has 1 fully saturated rings. The van der Waals surface area contributed by atoms with Crippen LogP contribution in [0.2, 0.25) is 0 Å². The van der Waals surface area contributed by atoms with E-state index in [9.17, 15) is 0 Å². The second kappa shape index (κ2) is 5.97. The summed E-state index contributed by atoms with van der Waals surface area (Å²) < 4.78 is 0. The van der Waals surface area contributed by atoms with Gasteiger partial charge in [0.15, 0.2) is 0 Å². The summed E-state index contributed by atoms with van der Waals surface area (Å²) >= 11 is 0. The minimum atomic E-state index is 0.532. The summed E-state index contributed by atoms with van der Waals surface area (Å²) in [5, 5.41) is 0.912. The first-order chi connectivity index (χ1) is 11.3. The van der Waals surface area contributed by atoms with Crippen LogP contribution in [0.5, 0.6) is 0 Å². The van der Waals surface area contributed by atoms with Crippen LogP contribution in [0.1, 0.15) is 18.4 Å². The van der Waals surface area contributed by atoms with Crippen LogP contribution in [0.3, 0.4) is 0 Å². The highest BCUT2D eigenvalue weighted by atomic mass is 15.1. The predicted octanol–water partition coefficient (Wildman–Crippen LogP) is 3.47. The summed E-state index contributed by atoms with van der Waals surface area (Å²) in [4.78, 5) is 11.1. The third kappa shape index (κ3) is 2.78. The quantitative estimate of drug-likeness (QED) is 0.805. The predicted molar refractivity (Wildman–Crippen MR) is 93.9 cm³/mol. The lowest BCUT2D eigenvalue weighted by molar-refractivity contribution is 0.331. The topological polar surface area (TPSA) is 55.0 Å². The van der Waals surface area contributed by atoms with Crippen LogP contribution in [0.15, 0.2) is 48.8 Å². The number of hydrogen-bond acceptors (Lipinski definition) is 4. The summed E-state index contributed by atoms with van der Waals surface area (Å²) in [6.07, 6.45) is 4.17. The minimum Gasteiger partial charge on any atom is -0.383 e. The summed E-state index contributed by atoms with van der Waals surface area (Å²) in [5.74, 6) is 0.532. The van der Waals surface area contributed by atoms with Gasteiger partial charge in [-0.3, -0.25) is 4.90 Å². The van der Waals surface area contributed by atoms with E-state index < -0.39 is 0 Å². The molecule has 0 radical (unpaired) electrons. The van der Waals surface area contributed by atoms with Gasteiger partial charge in [-0.2, -0.15) is 0 Å². The van der Waals surface area contributed by atoms with Crippen LogP contribution >= 0.6 is 0 Å². The zero-order valence-corrected chi connectivity index (χ0v) is 13.1. The van der Waals surface area contributed by atoms with Crippen LogP contribution in [-0.2, 0) is 6.54 Å². The first-order valence-corrected chi connectivity index (χ1v) is 8.12. The molecule has 2 aromatic carbocycles. The lowest BCUT2D eigenvalue weighted by Gasteiger charge is -2.15. The minimum absolute atomic E-state index is 0.532. The fourth-order valence-corrected chi connectivity index (χ4v) is 3.38. The molecule has 0 spiro atoms. The maximum Gasteiger partial charge on any atom is 0.134 e. The lowest BCUT2D eigenvalue weighted by Crippen LogP contribution is -2.18. The van der Waals surface area contributed by atoms with Crippen LogP contribution in [-0.4, -0.2) is 28.0 Å². The highest BCUT2D eigenvalue weighted by molar-refractivity contribution is 5.98. The average molecular weight is 304 g/mol. The number of para-hydroxylation sites is 1. The van der Waals surface area contributed by atoms with E-state index in [1.54, 1.807) is 0 Å². The SMILES string of the molecule is Nc1ncnc2c(-c3cccc(CN4CCCC4)c3)cccc12. The number of rotatable bonds is 3. The van der Waals surface area contributed by atoms with Crippen molar-refractivity contribution in [2.45, 2.75) is 19.4 Å². The molecule has 2 N–H and O–H groups in total. The Kier molecular flexibility index (Phi) is 3.67. The highest BCUT2D eigenvalue weighted by Gasteiger charge is 2.13. The summed E-state index contributed by atoms with van der Waals surface area (Å²) in [5.41, 5.74) is 10.5. The Labute approximate surface area is 136 Å². The number of anilines is 1. The summed E-state index contributed by atoms with van der Waals surface area (Å²) in [7, 11) is 0. The smallest absolute Gasteiger partial charge is 0.134 e. The molecule has 0 bridgehead atoms. The Hall–Kier alpha value is -2.46. The van der Waals surface area contributed by atoms with Gasteiger partial charge in [0.2, 0.25) is 0 Å². The monoisotopic (exact) mass is 304 g/mol. The van der Waals surface area contributed by atoms with Crippen molar-refractivity contribution in [1.82, 2.24) is 14.9 Å². The van der Waals surface area contributed by atoms with Crippen LogP contribution in [0.4, 0.5) is 5.82 Å². The van der Waals surface area contributed by atoms with Crippen LogP contribution < -0.4 is 5.73 Å². The first kappa shape index (κ1) is 14.2. The van der Waals surface area contributed by atoms with E-state index in [1.807, 2.05) is 12.1 Å². The molecule has 3 aromatic rings. The maximum absolute atomic E-state index is 5.98. The molecule has 2 heterocycles. The number of fused-ring (bicyclic) bond motifs is 1. The van der Waals surface area contributed by atoms with Gasteiger partial charge in [-0.25, -0.2) is 9.97 Å². The van der Waals surface area contributed by atoms with E-state index in [1.165, 1.54) is 43.4 Å². The zero-order chi connectivity index (χ0) is 15.6. The van der Waals surface area contributed by atoms with E-state index in [4.69, 9.17) is 5.73 Å². The largest absolute Gasteiger partial charge is 0.383 e. The number of nitrogen functional groups attached to an aromatic ring is 1. The summed E-state index contributed by atoms with van der Waals surface area (Å²) in [6.45, 7) is 3.44. The third-order valence-electron chi connectivity index (χ3n) is 4.54. The van der Waals surface area contributed by atoms with Crippen molar-refractivity contribution in [1.29, 1.82) is 0 Å². The fraction of sp³-hybridized carbons (Fsp3) is 0.263. The van der Waals surface area contributed by atoms with Crippen LogP contribution in [0, 0.1) is 0 Å². The van der Waals surface area contributed by atoms with Gasteiger partial charge in [-0.1, -0.05) is 30.3 Å². The van der Waals surface area contributed by atoms with Crippen molar-refractivity contribution in [2.75, 3.05) is 18.8 Å². The van der Waals surface area contributed by atoms with Gasteiger partial charge in [-0.05, 0) is 49.2 Å². The van der Waals surface area contributed by atoms with Crippen molar-refractivity contribution in [2.24, 2.45) is 0 Å². The molecule has 23 heavy (non-hydrogen) atoms. The number of benzene rings is 2. The maximum atomic E-state index is 5.98. The third-order valence-corrected chi connectivity index (χ3v) is 4.54. The number of aromatic nitrogens is 2. The van der Waals surface area contributed by atoms with Crippen molar-refractivity contribution >= 4 is 16.7 Å². The highest BCUT2D eigenvalue weighted by Crippen LogP contribution is 2.29. The molecule has 4 nitrogen and oxygen atoms in total. The van der Waals surface area contributed by atoms with Crippen molar-refractivity contribution in [3.63, 3.8) is 0 Å². The molecule has 0 aliphatic carbocycles. The number of nitrogens with two attached hydrogens (primary N) is 1. The molecular formula is C19H20N4. The normalized spacial score (nSPS) is 15.3. The molecular weight excluding hydrogens is 284 g/mol. The van der Waals surface area contributed by atoms with Crippen molar-refractivity contribution in [3.05, 3.63) is 54.4 Å². The van der Waals surface area contributed by atoms with Gasteiger partial charge >= 0.3 is 0 Å². The molecule has 0 unspecified atom stereocenters. The molecule has 4 rings (SSSR count). The fourth-order valence-electron chi connectivity index (χ4n) is 3.38. The second-order valence-corrected chi connectivity index (χ2v) is 6.14. The van der Waals surface area contributed by atoms with Crippen molar-refractivity contribution in [3.8, 4) is 11.1 Å². The molecule has 0 saturated carbocycles. The number of likely N-dealkylation sites (tertiary alicyclic amines) is 1. The molecule has 4 heteroatoms. The van der Waals surface area contributed by atoms with Gasteiger partial charge in [0, 0.05) is 17.5 Å². The van der Waals surface area contributed by atoms with E-state index in [0.717, 1.165) is 23.0 Å². The molecule has 1 aliphatic heterocycles. The molecule has 1 aromatic heterocycles. The van der Waals surface area contributed by atoms with Gasteiger partial charge in [0.25, 0.3) is 0 Å². The van der Waals surface area contributed by atoms with Gasteiger partial charge < -0.3 is 5.73 Å². The molecule has 0 amide bonds. The zero-order valence-electron chi connectivity index (χ0n) is 13.1. The first-order valence-electron chi connectivity index (χ1n) is 8.12. The standard InChI is InChI=1S/C19H20N4/c20-19-17-8-4-7-16(18(17)21-13-22-19)15-6-3-5-14(11-15)12-23-9-1-2-10-23/h3-8,11,13H,1-2,9-10,12H2,(H2,20,21,22). The lowest BCUT2D eigenvalue weighted by atomic mass is 10.00. The Morgan fingerprint density at radius 2 is 1.83 bits per heavy atom. The number of nitrogens with zero attached hydrogens (tertiary/aromatic N) is 3. The Balaban J connectivity index is 1.74. The van der Waals surface area contributed by atoms with Crippen molar-refractivity contribution < 1.29 is 0 Å². The molecule has 1 saturated heterocycles. The molecule has 1 aliphatic rings. The Morgan fingerprint density at radius 1 is 1.00 bits per heavy atom.